The number of aromatic nitrogens is 2. The van der Waals surface area contributed by atoms with Crippen LogP contribution >= 0.6 is 0 Å². The van der Waals surface area contributed by atoms with Gasteiger partial charge in [0.2, 0.25) is 0 Å². The van der Waals surface area contributed by atoms with E-state index >= 15 is 0 Å². The second-order valence-electron chi connectivity index (χ2n) is 9.03. The third-order valence-corrected chi connectivity index (χ3v) is 12.2. The van der Waals surface area contributed by atoms with Crippen molar-refractivity contribution >= 4 is 50.6 Å². The molecular formula is C31H22N2Si. The van der Waals surface area contributed by atoms with E-state index in [9.17, 15) is 0 Å². The summed E-state index contributed by atoms with van der Waals surface area (Å²) >= 11 is 0. The fourth-order valence-corrected chi connectivity index (χ4v) is 11.4. The minimum absolute atomic E-state index is 0.987. The highest BCUT2D eigenvalue weighted by molar-refractivity contribution is 7.23. The zero-order valence-electron chi connectivity index (χ0n) is 18.9. The lowest BCUT2D eigenvalue weighted by Crippen LogP contribution is -2.73. The standard InChI is InChI=1S/C31H22N2Si/c1-21-18-19-26-30(33-21)29-25(16-10-20-32-29)28-24-15-8-9-17-27(24)34(31(26)28,22-11-4-2-5-12-22)23-13-6-3-7-14-23/h2-20H,1H3. The zero-order chi connectivity index (χ0) is 22.7. The third-order valence-electron chi connectivity index (χ3n) is 7.24. The molecule has 2 aromatic heterocycles. The summed E-state index contributed by atoms with van der Waals surface area (Å²) in [5.41, 5.74) is 5.67. The topological polar surface area (TPSA) is 25.8 Å². The van der Waals surface area contributed by atoms with Gasteiger partial charge in [0.15, 0.2) is 8.07 Å². The van der Waals surface area contributed by atoms with Crippen molar-refractivity contribution < 1.29 is 0 Å². The van der Waals surface area contributed by atoms with Gasteiger partial charge in [-0.3, -0.25) is 9.97 Å². The molecule has 0 saturated heterocycles. The van der Waals surface area contributed by atoms with Crippen LogP contribution in [0.15, 0.2) is 115 Å². The van der Waals surface area contributed by atoms with Crippen molar-refractivity contribution in [3.8, 4) is 11.1 Å². The van der Waals surface area contributed by atoms with Crippen LogP contribution in [0, 0.1) is 6.92 Å². The number of pyridine rings is 2. The SMILES string of the molecule is Cc1ccc2c3c(c4cccnc4c2n1)-c1ccccc1[Si]3(c1ccccc1)c1ccccc1. The first kappa shape index (κ1) is 19.4. The Bertz CT molecular complexity index is 1670. The molecule has 1 aliphatic rings. The van der Waals surface area contributed by atoms with Gasteiger partial charge < -0.3 is 0 Å². The van der Waals surface area contributed by atoms with Crippen LogP contribution in [0.25, 0.3) is 32.9 Å². The molecule has 0 fully saturated rings. The summed E-state index contributed by atoms with van der Waals surface area (Å²) in [7, 11) is -2.59. The molecule has 0 radical (unpaired) electrons. The van der Waals surface area contributed by atoms with Gasteiger partial charge in [0.1, 0.15) is 0 Å². The minimum Gasteiger partial charge on any atom is -0.254 e. The Balaban J connectivity index is 1.81. The predicted octanol–water partition coefficient (Wildman–Crippen LogP) is 4.45. The normalized spacial score (nSPS) is 13.7. The molecule has 2 nitrogen and oxygen atoms in total. The van der Waals surface area contributed by atoms with E-state index in [-0.39, 0.29) is 0 Å². The molecule has 0 atom stereocenters. The molecule has 1 aliphatic heterocycles. The molecule has 0 unspecified atom stereocenters. The summed E-state index contributed by atoms with van der Waals surface area (Å²) in [6.45, 7) is 2.06. The number of fused-ring (bicyclic) bond motifs is 8. The van der Waals surface area contributed by atoms with Gasteiger partial charge in [-0.2, -0.15) is 0 Å². The molecule has 0 N–H and O–H groups in total. The first-order chi connectivity index (χ1) is 16.8. The van der Waals surface area contributed by atoms with Gasteiger partial charge in [-0.15, -0.1) is 0 Å². The highest BCUT2D eigenvalue weighted by Crippen LogP contribution is 2.38. The molecule has 6 aromatic rings. The molecule has 0 saturated carbocycles. The summed E-state index contributed by atoms with van der Waals surface area (Å²) in [5, 5.41) is 8.10. The van der Waals surface area contributed by atoms with Crippen molar-refractivity contribution in [2.75, 3.05) is 0 Å². The fraction of sp³-hybridized carbons (Fsp3) is 0.0323. The van der Waals surface area contributed by atoms with Gasteiger partial charge in [0.25, 0.3) is 0 Å². The maximum absolute atomic E-state index is 5.06. The van der Waals surface area contributed by atoms with Crippen LogP contribution in [0.4, 0.5) is 0 Å². The van der Waals surface area contributed by atoms with E-state index < -0.39 is 8.07 Å². The number of hydrogen-bond donors (Lipinski definition) is 0. The van der Waals surface area contributed by atoms with Crippen LogP contribution in [0.1, 0.15) is 5.69 Å². The Kier molecular flexibility index (Phi) is 4.11. The Morgan fingerprint density at radius 2 is 1.26 bits per heavy atom. The number of aryl methyl sites for hydroxylation is 1. The van der Waals surface area contributed by atoms with Crippen LogP contribution in [-0.2, 0) is 0 Å². The quantitative estimate of drug-likeness (QED) is 0.287. The summed E-state index contributed by atoms with van der Waals surface area (Å²) in [6.07, 6.45) is 1.89. The average Bonchev–Trinajstić information content (AvgIpc) is 3.22. The average molecular weight is 451 g/mol. The van der Waals surface area contributed by atoms with E-state index in [1.54, 1.807) is 0 Å². The first-order valence-electron chi connectivity index (χ1n) is 11.7. The van der Waals surface area contributed by atoms with Crippen molar-refractivity contribution in [1.29, 1.82) is 0 Å². The van der Waals surface area contributed by atoms with Crippen LogP contribution < -0.4 is 20.7 Å². The van der Waals surface area contributed by atoms with Crippen LogP contribution in [0.5, 0.6) is 0 Å². The van der Waals surface area contributed by atoms with Gasteiger partial charge in [-0.05, 0) is 50.9 Å². The number of hydrogen-bond acceptors (Lipinski definition) is 2. The monoisotopic (exact) mass is 450 g/mol. The lowest BCUT2D eigenvalue weighted by molar-refractivity contribution is 1.26. The Hall–Kier alpha value is -4.08. The van der Waals surface area contributed by atoms with Crippen LogP contribution in [-0.4, -0.2) is 18.0 Å². The summed E-state index contributed by atoms with van der Waals surface area (Å²) in [5.74, 6) is 0. The second kappa shape index (κ2) is 7.21. The van der Waals surface area contributed by atoms with E-state index in [1.807, 2.05) is 6.20 Å². The van der Waals surface area contributed by atoms with Gasteiger partial charge in [-0.1, -0.05) is 97.1 Å². The van der Waals surface area contributed by atoms with Gasteiger partial charge in [0.05, 0.1) is 11.0 Å². The van der Waals surface area contributed by atoms with E-state index in [2.05, 4.69) is 116 Å². The molecule has 34 heavy (non-hydrogen) atoms. The third kappa shape index (κ3) is 2.45. The number of benzene rings is 4. The number of nitrogens with zero attached hydrogens (tertiary/aromatic N) is 2. The summed E-state index contributed by atoms with van der Waals surface area (Å²) in [6, 6.07) is 40.0. The van der Waals surface area contributed by atoms with Crippen molar-refractivity contribution in [1.82, 2.24) is 9.97 Å². The molecule has 3 heterocycles. The van der Waals surface area contributed by atoms with E-state index in [1.165, 1.54) is 42.6 Å². The molecule has 0 aliphatic carbocycles. The Morgan fingerprint density at radius 1 is 0.588 bits per heavy atom. The van der Waals surface area contributed by atoms with Gasteiger partial charge in [0, 0.05) is 22.7 Å². The van der Waals surface area contributed by atoms with Crippen LogP contribution in [0.2, 0.25) is 0 Å². The highest BCUT2D eigenvalue weighted by atomic mass is 28.3. The molecule has 160 valence electrons. The molecular weight excluding hydrogens is 428 g/mol. The molecule has 4 aromatic carbocycles. The molecule has 0 bridgehead atoms. The van der Waals surface area contributed by atoms with E-state index in [0.29, 0.717) is 0 Å². The van der Waals surface area contributed by atoms with Gasteiger partial charge in [-0.25, -0.2) is 0 Å². The van der Waals surface area contributed by atoms with Crippen molar-refractivity contribution in [2.24, 2.45) is 0 Å². The van der Waals surface area contributed by atoms with E-state index in [4.69, 9.17) is 9.97 Å². The van der Waals surface area contributed by atoms with E-state index in [0.717, 1.165) is 16.7 Å². The largest absolute Gasteiger partial charge is 0.254 e. The predicted molar refractivity (Wildman–Crippen MR) is 144 cm³/mol. The summed E-state index contributed by atoms with van der Waals surface area (Å²) < 4.78 is 0. The maximum atomic E-state index is 5.06. The van der Waals surface area contributed by atoms with Crippen LogP contribution in [0.3, 0.4) is 0 Å². The van der Waals surface area contributed by atoms with Crippen molar-refractivity contribution in [2.45, 2.75) is 6.92 Å². The van der Waals surface area contributed by atoms with Crippen molar-refractivity contribution in [3.63, 3.8) is 0 Å². The lowest BCUT2D eigenvalue weighted by Gasteiger charge is -2.32. The van der Waals surface area contributed by atoms with Crippen molar-refractivity contribution in [3.05, 3.63) is 121 Å². The van der Waals surface area contributed by atoms with Gasteiger partial charge >= 0.3 is 0 Å². The maximum Gasteiger partial charge on any atom is 0.181 e. The second-order valence-corrected chi connectivity index (χ2v) is 12.7. The highest BCUT2D eigenvalue weighted by Gasteiger charge is 2.50. The zero-order valence-corrected chi connectivity index (χ0v) is 19.9. The first-order valence-corrected chi connectivity index (χ1v) is 13.7. The molecule has 7 rings (SSSR count). The fourth-order valence-electron chi connectivity index (χ4n) is 5.98. The molecule has 0 spiro atoms. The number of rotatable bonds is 2. The lowest BCUT2D eigenvalue weighted by atomic mass is 9.98. The molecule has 0 amide bonds. The Morgan fingerprint density at radius 3 is 2.00 bits per heavy atom. The smallest absolute Gasteiger partial charge is 0.181 e. The summed E-state index contributed by atoms with van der Waals surface area (Å²) in [4.78, 5) is 9.90. The molecule has 3 heteroatoms. The Labute approximate surface area is 199 Å². The minimum atomic E-state index is -2.59.